The molecule has 1 rings (SSSR count). The van der Waals surface area contributed by atoms with Gasteiger partial charge in [0.2, 0.25) is 0 Å². The Morgan fingerprint density at radius 1 is 1.15 bits per heavy atom. The second-order valence-electron chi connectivity index (χ2n) is 8.29. The molecule has 0 aliphatic rings. The van der Waals surface area contributed by atoms with Crippen LogP contribution in [0.1, 0.15) is 72.8 Å². The average Bonchev–Trinajstić information content (AvgIpc) is 2.54. The molecule has 0 radical (unpaired) electrons. The van der Waals surface area contributed by atoms with E-state index in [-0.39, 0.29) is 24.3 Å². The molecule has 0 saturated heterocycles. The molecule has 0 aromatic heterocycles. The number of benzene rings is 1. The van der Waals surface area contributed by atoms with Crippen molar-refractivity contribution in [2.75, 3.05) is 13.2 Å². The first-order chi connectivity index (χ1) is 12.1. The molecule has 0 aliphatic carbocycles. The first-order valence-electron chi connectivity index (χ1n) is 9.65. The molecule has 0 spiro atoms. The van der Waals surface area contributed by atoms with Gasteiger partial charge in [-0.15, -0.1) is 0 Å². The highest BCUT2D eigenvalue weighted by Gasteiger charge is 2.27. The summed E-state index contributed by atoms with van der Waals surface area (Å²) in [6, 6.07) is 8.34. The first-order valence-corrected chi connectivity index (χ1v) is 9.65. The lowest BCUT2D eigenvalue weighted by Gasteiger charge is -2.33. The lowest BCUT2D eigenvalue weighted by Crippen LogP contribution is -2.23. The van der Waals surface area contributed by atoms with Crippen molar-refractivity contribution in [1.29, 1.82) is 0 Å². The van der Waals surface area contributed by atoms with Crippen molar-refractivity contribution < 1.29 is 19.0 Å². The van der Waals surface area contributed by atoms with Gasteiger partial charge in [0.05, 0.1) is 6.61 Å². The summed E-state index contributed by atoms with van der Waals surface area (Å²) < 4.78 is 16.6. The Morgan fingerprint density at radius 2 is 1.85 bits per heavy atom. The third-order valence-electron chi connectivity index (χ3n) is 4.31. The van der Waals surface area contributed by atoms with Crippen LogP contribution in [0, 0.1) is 11.3 Å². The Bertz CT molecular complexity index is 545. The molecule has 1 aromatic carbocycles. The molecular weight excluding hydrogens is 328 g/mol. The molecule has 0 heterocycles. The molecule has 1 aromatic rings. The van der Waals surface area contributed by atoms with Crippen molar-refractivity contribution >= 4 is 5.97 Å². The molecule has 4 nitrogen and oxygen atoms in total. The maximum Gasteiger partial charge on any atom is 0.302 e. The summed E-state index contributed by atoms with van der Waals surface area (Å²) >= 11 is 0. The quantitative estimate of drug-likeness (QED) is 0.310. The summed E-state index contributed by atoms with van der Waals surface area (Å²) in [7, 11) is 0. The normalized spacial score (nSPS) is 14.2. The molecule has 0 aliphatic heterocycles. The van der Waals surface area contributed by atoms with Crippen LogP contribution >= 0.6 is 0 Å². The second-order valence-corrected chi connectivity index (χ2v) is 8.29. The van der Waals surface area contributed by atoms with E-state index in [1.54, 1.807) is 0 Å². The number of carbonyl (C=O) groups excluding carboxylic acids is 1. The van der Waals surface area contributed by atoms with Crippen LogP contribution in [0.25, 0.3) is 0 Å². The lowest BCUT2D eigenvalue weighted by molar-refractivity contribution is -0.146. The van der Waals surface area contributed by atoms with Crippen molar-refractivity contribution in [2.24, 2.45) is 11.3 Å². The minimum atomic E-state index is -0.348. The molecule has 4 heteroatoms. The monoisotopic (exact) mass is 364 g/mol. The summed E-state index contributed by atoms with van der Waals surface area (Å²) in [5.74, 6) is 1.63. The Hall–Kier alpha value is -1.55. The molecule has 0 amide bonds. The highest BCUT2D eigenvalue weighted by molar-refractivity contribution is 5.65. The van der Waals surface area contributed by atoms with Crippen molar-refractivity contribution in [3.05, 3.63) is 29.8 Å². The van der Waals surface area contributed by atoms with Gasteiger partial charge in [0.15, 0.2) is 6.29 Å². The maximum atomic E-state index is 10.8. The summed E-state index contributed by atoms with van der Waals surface area (Å²) in [5, 5.41) is 0. The van der Waals surface area contributed by atoms with Gasteiger partial charge in [-0.2, -0.15) is 0 Å². The van der Waals surface area contributed by atoms with E-state index in [0.29, 0.717) is 18.4 Å². The zero-order chi connectivity index (χ0) is 19.7. The van der Waals surface area contributed by atoms with Crippen molar-refractivity contribution in [3.8, 4) is 5.75 Å². The van der Waals surface area contributed by atoms with Gasteiger partial charge in [-0.05, 0) is 41.4 Å². The van der Waals surface area contributed by atoms with Crippen LogP contribution in [-0.4, -0.2) is 25.5 Å². The zero-order valence-corrected chi connectivity index (χ0v) is 17.5. The maximum absolute atomic E-state index is 10.8. The van der Waals surface area contributed by atoms with Gasteiger partial charge in [-0.3, -0.25) is 4.79 Å². The van der Waals surface area contributed by atoms with E-state index >= 15 is 0 Å². The first kappa shape index (κ1) is 22.5. The molecular formula is C22H36O4. The molecule has 26 heavy (non-hydrogen) atoms. The summed E-state index contributed by atoms with van der Waals surface area (Å²) in [5.41, 5.74) is 1.49. The Morgan fingerprint density at radius 3 is 2.38 bits per heavy atom. The van der Waals surface area contributed by atoms with E-state index in [9.17, 15) is 4.79 Å². The minimum absolute atomic E-state index is 0.188. The lowest BCUT2D eigenvalue weighted by atomic mass is 9.72. The van der Waals surface area contributed by atoms with E-state index in [4.69, 9.17) is 14.2 Å². The predicted molar refractivity (Wildman–Crippen MR) is 105 cm³/mol. The summed E-state index contributed by atoms with van der Waals surface area (Å²) in [6.45, 7) is 15.4. The smallest absolute Gasteiger partial charge is 0.302 e. The Labute approximate surface area is 159 Å². The number of hydrogen-bond donors (Lipinski definition) is 0. The van der Waals surface area contributed by atoms with E-state index in [1.807, 2.05) is 13.0 Å². The van der Waals surface area contributed by atoms with Crippen molar-refractivity contribution in [2.45, 2.75) is 73.5 Å². The number of rotatable bonds is 10. The van der Waals surface area contributed by atoms with E-state index in [1.165, 1.54) is 12.5 Å². The Balaban J connectivity index is 2.78. The highest BCUT2D eigenvalue weighted by Crippen LogP contribution is 2.40. The topological polar surface area (TPSA) is 44.8 Å². The van der Waals surface area contributed by atoms with Crippen LogP contribution in [0.3, 0.4) is 0 Å². The SMILES string of the molecule is CCC(OCCOC(C)=O)Oc1cccc(C(CC(C)C)C(C)(C)C)c1. The van der Waals surface area contributed by atoms with Crippen LogP contribution in [-0.2, 0) is 14.3 Å². The van der Waals surface area contributed by atoms with Gasteiger partial charge < -0.3 is 14.2 Å². The van der Waals surface area contributed by atoms with Crippen molar-refractivity contribution in [1.82, 2.24) is 0 Å². The molecule has 0 fully saturated rings. The molecule has 0 bridgehead atoms. The zero-order valence-electron chi connectivity index (χ0n) is 17.5. The second kappa shape index (κ2) is 10.6. The number of hydrogen-bond acceptors (Lipinski definition) is 4. The van der Waals surface area contributed by atoms with Crippen LogP contribution < -0.4 is 4.74 Å². The Kier molecular flexibility index (Phi) is 9.14. The van der Waals surface area contributed by atoms with Gasteiger partial charge in [0.1, 0.15) is 12.4 Å². The van der Waals surface area contributed by atoms with E-state index in [0.717, 1.165) is 18.6 Å². The third kappa shape index (κ3) is 8.22. The van der Waals surface area contributed by atoms with Crippen LogP contribution in [0.4, 0.5) is 0 Å². The van der Waals surface area contributed by atoms with Crippen LogP contribution in [0.2, 0.25) is 0 Å². The van der Waals surface area contributed by atoms with Crippen molar-refractivity contribution in [3.63, 3.8) is 0 Å². The fraction of sp³-hybridized carbons (Fsp3) is 0.682. The number of carbonyl (C=O) groups is 1. The van der Waals surface area contributed by atoms with E-state index < -0.39 is 0 Å². The molecule has 148 valence electrons. The fourth-order valence-electron chi connectivity index (χ4n) is 3.02. The average molecular weight is 365 g/mol. The standard InChI is InChI=1S/C22H36O4/c1-8-21(25-13-12-24-17(4)23)26-19-11-9-10-18(15-19)20(14-16(2)3)22(5,6)7/h9-11,15-16,20-21H,8,12-14H2,1-7H3. The molecule has 0 saturated carbocycles. The fourth-order valence-corrected chi connectivity index (χ4v) is 3.02. The van der Waals surface area contributed by atoms with Crippen LogP contribution in [0.15, 0.2) is 24.3 Å². The molecule has 0 N–H and O–H groups in total. The highest BCUT2D eigenvalue weighted by atomic mass is 16.7. The van der Waals surface area contributed by atoms with Gasteiger partial charge in [0, 0.05) is 13.3 Å². The third-order valence-corrected chi connectivity index (χ3v) is 4.31. The van der Waals surface area contributed by atoms with Gasteiger partial charge in [-0.25, -0.2) is 0 Å². The predicted octanol–water partition coefficient (Wildman–Crippen LogP) is 5.56. The minimum Gasteiger partial charge on any atom is -0.465 e. The van der Waals surface area contributed by atoms with E-state index in [2.05, 4.69) is 52.8 Å². The molecule has 2 atom stereocenters. The summed E-state index contributed by atoms with van der Waals surface area (Å²) in [4.78, 5) is 10.8. The summed E-state index contributed by atoms with van der Waals surface area (Å²) in [6.07, 6.45) is 1.51. The van der Waals surface area contributed by atoms with Gasteiger partial charge >= 0.3 is 5.97 Å². The molecule has 2 unspecified atom stereocenters. The van der Waals surface area contributed by atoms with Gasteiger partial charge in [0.25, 0.3) is 0 Å². The number of ether oxygens (including phenoxy) is 3. The number of esters is 1. The largest absolute Gasteiger partial charge is 0.465 e. The van der Waals surface area contributed by atoms with Crippen LogP contribution in [0.5, 0.6) is 5.75 Å². The van der Waals surface area contributed by atoms with Gasteiger partial charge in [-0.1, -0.05) is 53.7 Å².